The first kappa shape index (κ1) is 14.4. The Balaban J connectivity index is 2.46. The van der Waals surface area contributed by atoms with Crippen molar-refractivity contribution in [1.82, 2.24) is 0 Å². The minimum Gasteiger partial charge on any atom is -0.508 e. The van der Waals surface area contributed by atoms with Crippen LogP contribution in [0.3, 0.4) is 0 Å². The molecule has 0 atom stereocenters. The number of benzene rings is 1. The maximum atomic E-state index is 12.3. The van der Waals surface area contributed by atoms with Crippen LogP contribution in [0.25, 0.3) is 0 Å². The highest BCUT2D eigenvalue weighted by Crippen LogP contribution is 2.29. The highest BCUT2D eigenvalue weighted by molar-refractivity contribution is 7.93. The highest BCUT2D eigenvalue weighted by Gasteiger charge is 2.26. The summed E-state index contributed by atoms with van der Waals surface area (Å²) >= 11 is 0.857. The number of aryl methyl sites for hydroxylation is 1. The molecule has 2 aromatic rings. The summed E-state index contributed by atoms with van der Waals surface area (Å²) in [7, 11) is -4.02. The van der Waals surface area contributed by atoms with Crippen LogP contribution in [0.15, 0.2) is 34.5 Å². The predicted molar refractivity (Wildman–Crippen MR) is 74.9 cm³/mol. The lowest BCUT2D eigenvalue weighted by molar-refractivity contribution is 0.0698. The number of rotatable bonds is 4. The first-order chi connectivity index (χ1) is 9.31. The second-order valence-electron chi connectivity index (χ2n) is 4.04. The first-order valence-corrected chi connectivity index (χ1v) is 7.81. The summed E-state index contributed by atoms with van der Waals surface area (Å²) in [6, 6.07) is 5.57. The summed E-state index contributed by atoms with van der Waals surface area (Å²) in [5.41, 5.74) is 0.520. The third-order valence-corrected chi connectivity index (χ3v) is 5.26. The summed E-state index contributed by atoms with van der Waals surface area (Å²) in [6.45, 7) is 1.53. The van der Waals surface area contributed by atoms with Gasteiger partial charge in [-0.05, 0) is 30.0 Å². The van der Waals surface area contributed by atoms with Gasteiger partial charge < -0.3 is 10.2 Å². The van der Waals surface area contributed by atoms with Crippen molar-refractivity contribution in [2.45, 2.75) is 11.8 Å². The van der Waals surface area contributed by atoms with Crippen molar-refractivity contribution in [3.63, 3.8) is 0 Å². The fourth-order valence-corrected chi connectivity index (χ4v) is 4.37. The lowest BCUT2D eigenvalue weighted by atomic mass is 10.3. The standard InChI is InChI=1S/C12H11NO5S2/c1-7-6-19-10(12(15)16)11(7)20(17,18)13-8-3-2-4-9(14)5-8/h2-6,13-14H,1H3,(H,15,16). The van der Waals surface area contributed by atoms with Gasteiger partial charge in [-0.1, -0.05) is 6.07 Å². The van der Waals surface area contributed by atoms with Crippen molar-refractivity contribution >= 4 is 33.0 Å². The number of phenolic OH excluding ortho intramolecular Hbond substituents is 1. The Morgan fingerprint density at radius 3 is 2.65 bits per heavy atom. The van der Waals surface area contributed by atoms with Crippen LogP contribution in [-0.2, 0) is 10.0 Å². The smallest absolute Gasteiger partial charge is 0.347 e. The zero-order valence-electron chi connectivity index (χ0n) is 10.3. The number of hydrogen-bond donors (Lipinski definition) is 3. The lowest BCUT2D eigenvalue weighted by Crippen LogP contribution is -2.16. The van der Waals surface area contributed by atoms with Gasteiger partial charge in [0, 0.05) is 6.07 Å². The van der Waals surface area contributed by atoms with Gasteiger partial charge in [-0.25, -0.2) is 13.2 Å². The molecule has 0 amide bonds. The highest BCUT2D eigenvalue weighted by atomic mass is 32.2. The molecular formula is C12H11NO5S2. The Bertz CT molecular complexity index is 764. The lowest BCUT2D eigenvalue weighted by Gasteiger charge is -2.09. The number of thiophene rings is 1. The monoisotopic (exact) mass is 313 g/mol. The predicted octanol–water partition coefficient (Wildman–Crippen LogP) is 2.26. The van der Waals surface area contributed by atoms with E-state index in [2.05, 4.69) is 4.72 Å². The largest absolute Gasteiger partial charge is 0.508 e. The Kier molecular flexibility index (Phi) is 3.69. The summed E-state index contributed by atoms with van der Waals surface area (Å²) in [4.78, 5) is 10.6. The van der Waals surface area contributed by atoms with Crippen molar-refractivity contribution in [3.05, 3.63) is 40.1 Å². The van der Waals surface area contributed by atoms with Crippen molar-refractivity contribution in [2.75, 3.05) is 4.72 Å². The van der Waals surface area contributed by atoms with E-state index >= 15 is 0 Å². The van der Waals surface area contributed by atoms with Gasteiger partial charge >= 0.3 is 5.97 Å². The normalized spacial score (nSPS) is 11.2. The van der Waals surface area contributed by atoms with E-state index in [0.29, 0.717) is 5.56 Å². The van der Waals surface area contributed by atoms with Crippen LogP contribution in [0.1, 0.15) is 15.2 Å². The minimum absolute atomic E-state index is 0.0919. The average Bonchev–Trinajstić information content (AvgIpc) is 2.71. The van der Waals surface area contributed by atoms with Gasteiger partial charge in [0.1, 0.15) is 15.5 Å². The molecule has 0 bridgehead atoms. The molecule has 0 saturated heterocycles. The average molecular weight is 313 g/mol. The van der Waals surface area contributed by atoms with E-state index in [0.717, 1.165) is 11.3 Å². The van der Waals surface area contributed by atoms with Crippen LogP contribution < -0.4 is 4.72 Å². The second kappa shape index (κ2) is 5.14. The molecule has 0 saturated carbocycles. The van der Waals surface area contributed by atoms with Crippen LogP contribution >= 0.6 is 11.3 Å². The molecule has 0 aliphatic heterocycles. The zero-order chi connectivity index (χ0) is 14.9. The number of aromatic carboxylic acids is 1. The number of aromatic hydroxyl groups is 1. The van der Waals surface area contributed by atoms with E-state index in [1.165, 1.54) is 36.6 Å². The molecule has 0 unspecified atom stereocenters. The first-order valence-electron chi connectivity index (χ1n) is 5.44. The molecule has 20 heavy (non-hydrogen) atoms. The molecule has 3 N–H and O–H groups in total. The Morgan fingerprint density at radius 2 is 2.05 bits per heavy atom. The molecular weight excluding hydrogens is 302 g/mol. The number of sulfonamides is 1. The molecule has 1 aromatic carbocycles. The molecule has 0 spiro atoms. The van der Waals surface area contributed by atoms with Crippen LogP contribution in [0, 0.1) is 6.92 Å². The Hall–Kier alpha value is -2.06. The maximum Gasteiger partial charge on any atom is 0.347 e. The molecule has 0 aliphatic rings. The summed E-state index contributed by atoms with van der Waals surface area (Å²) in [5, 5.41) is 19.8. The van der Waals surface area contributed by atoms with Crippen molar-refractivity contribution in [2.24, 2.45) is 0 Å². The van der Waals surface area contributed by atoms with Crippen LogP contribution in [0.5, 0.6) is 5.75 Å². The molecule has 106 valence electrons. The van der Waals surface area contributed by atoms with Gasteiger partial charge in [0.25, 0.3) is 10.0 Å². The summed E-state index contributed by atoms with van der Waals surface area (Å²) < 4.78 is 26.8. The summed E-state index contributed by atoms with van der Waals surface area (Å²) in [6.07, 6.45) is 0. The molecule has 1 aromatic heterocycles. The van der Waals surface area contributed by atoms with Crippen LogP contribution in [0.4, 0.5) is 5.69 Å². The second-order valence-corrected chi connectivity index (χ2v) is 6.54. The van der Waals surface area contributed by atoms with Gasteiger partial charge in [-0.15, -0.1) is 11.3 Å². The van der Waals surface area contributed by atoms with Crippen molar-refractivity contribution < 1.29 is 23.4 Å². The third-order valence-electron chi connectivity index (χ3n) is 2.48. The molecule has 8 heteroatoms. The zero-order valence-corrected chi connectivity index (χ0v) is 12.0. The SMILES string of the molecule is Cc1csc(C(=O)O)c1S(=O)(=O)Nc1cccc(O)c1. The fourth-order valence-electron chi connectivity index (χ4n) is 1.69. The van der Waals surface area contributed by atoms with Crippen molar-refractivity contribution in [1.29, 1.82) is 0 Å². The number of anilines is 1. The minimum atomic E-state index is -4.02. The van der Waals surface area contributed by atoms with Gasteiger partial charge in [-0.2, -0.15) is 0 Å². The van der Waals surface area contributed by atoms with Crippen molar-refractivity contribution in [3.8, 4) is 5.75 Å². The summed E-state index contributed by atoms with van der Waals surface area (Å²) in [5.74, 6) is -1.38. The molecule has 0 fully saturated rings. The molecule has 1 heterocycles. The number of phenols is 1. The Labute approximate surface area is 119 Å². The van der Waals surface area contributed by atoms with E-state index < -0.39 is 16.0 Å². The molecule has 2 rings (SSSR count). The van der Waals surface area contributed by atoms with E-state index in [9.17, 15) is 18.3 Å². The third kappa shape index (κ3) is 2.75. The number of nitrogens with one attached hydrogen (secondary N) is 1. The molecule has 0 aliphatic carbocycles. The van der Waals surface area contributed by atoms with Gasteiger partial charge in [0.2, 0.25) is 0 Å². The fraction of sp³-hybridized carbons (Fsp3) is 0.0833. The van der Waals surface area contributed by atoms with Gasteiger partial charge in [0.05, 0.1) is 5.69 Å². The number of carboxylic acid groups (broad SMARTS) is 1. The van der Waals surface area contributed by atoms with Gasteiger partial charge in [-0.3, -0.25) is 4.72 Å². The topological polar surface area (TPSA) is 104 Å². The van der Waals surface area contributed by atoms with E-state index in [-0.39, 0.29) is 21.2 Å². The number of hydrogen-bond acceptors (Lipinski definition) is 5. The van der Waals surface area contributed by atoms with Crippen LogP contribution in [-0.4, -0.2) is 24.6 Å². The number of carbonyl (C=O) groups is 1. The van der Waals surface area contributed by atoms with E-state index in [1.807, 2.05) is 0 Å². The Morgan fingerprint density at radius 1 is 1.35 bits per heavy atom. The van der Waals surface area contributed by atoms with Gasteiger partial charge in [0.15, 0.2) is 0 Å². The maximum absolute atomic E-state index is 12.3. The molecule has 6 nitrogen and oxygen atoms in total. The van der Waals surface area contributed by atoms with E-state index in [4.69, 9.17) is 5.11 Å². The molecule has 0 radical (unpaired) electrons. The quantitative estimate of drug-likeness (QED) is 0.803. The van der Waals surface area contributed by atoms with E-state index in [1.54, 1.807) is 0 Å². The number of carboxylic acids is 1. The van der Waals surface area contributed by atoms with Crippen LogP contribution in [0.2, 0.25) is 0 Å².